The van der Waals surface area contributed by atoms with Crippen LogP contribution in [0.5, 0.6) is 11.5 Å². The maximum absolute atomic E-state index is 5.95. The first kappa shape index (κ1) is 18.4. The van der Waals surface area contributed by atoms with Crippen LogP contribution >= 0.6 is 11.6 Å². The van der Waals surface area contributed by atoms with Gasteiger partial charge >= 0.3 is 0 Å². The molecule has 0 fully saturated rings. The summed E-state index contributed by atoms with van der Waals surface area (Å²) < 4.78 is 10.9. The van der Waals surface area contributed by atoms with Gasteiger partial charge in [0.05, 0.1) is 14.2 Å². The van der Waals surface area contributed by atoms with Gasteiger partial charge in [-0.05, 0) is 53.9 Å². The number of benzene rings is 2. The Labute approximate surface area is 169 Å². The van der Waals surface area contributed by atoms with Gasteiger partial charge in [0.15, 0.2) is 11.5 Å². The Bertz CT molecular complexity index is 979. The molecule has 0 unspecified atom stereocenters. The lowest BCUT2D eigenvalue weighted by Crippen LogP contribution is -2.31. The van der Waals surface area contributed by atoms with Gasteiger partial charge in [-0.25, -0.2) is 9.97 Å². The van der Waals surface area contributed by atoms with E-state index in [2.05, 4.69) is 26.3 Å². The van der Waals surface area contributed by atoms with E-state index in [1.165, 1.54) is 11.1 Å². The Morgan fingerprint density at radius 1 is 0.964 bits per heavy atom. The summed E-state index contributed by atoms with van der Waals surface area (Å²) >= 11 is 5.95. The maximum atomic E-state index is 5.95. The number of halogens is 1. The molecule has 0 atom stereocenters. The van der Waals surface area contributed by atoms with Crippen molar-refractivity contribution in [1.82, 2.24) is 9.97 Å². The van der Waals surface area contributed by atoms with E-state index in [-0.39, 0.29) is 0 Å². The predicted molar refractivity (Wildman–Crippen MR) is 111 cm³/mol. The van der Waals surface area contributed by atoms with E-state index < -0.39 is 0 Å². The standard InChI is InChI=1S/C21H21ClN4O2/c1-27-18-9-14-7-8-26(12-15(14)10-19(18)28-2)21-11-20(23-13-24-21)25-17-5-3-16(22)4-6-17/h3-6,9-11,13H,7-8,12H2,1-2H3,(H,23,24,25). The van der Waals surface area contributed by atoms with Gasteiger partial charge in [-0.1, -0.05) is 11.6 Å². The molecular weight excluding hydrogens is 376 g/mol. The molecule has 28 heavy (non-hydrogen) atoms. The van der Waals surface area contributed by atoms with Crippen molar-refractivity contribution in [3.05, 3.63) is 64.9 Å². The molecule has 0 spiro atoms. The van der Waals surface area contributed by atoms with Gasteiger partial charge < -0.3 is 19.7 Å². The Hall–Kier alpha value is -2.99. The van der Waals surface area contributed by atoms with Crippen molar-refractivity contribution in [1.29, 1.82) is 0 Å². The summed E-state index contributed by atoms with van der Waals surface area (Å²) in [7, 11) is 3.32. The lowest BCUT2D eigenvalue weighted by molar-refractivity contribution is 0.353. The van der Waals surface area contributed by atoms with E-state index in [0.717, 1.165) is 48.3 Å². The Morgan fingerprint density at radius 2 is 1.68 bits per heavy atom. The number of rotatable bonds is 5. The second-order valence-corrected chi connectivity index (χ2v) is 6.98. The number of ether oxygens (including phenoxy) is 2. The van der Waals surface area contributed by atoms with Crippen LogP contribution in [-0.4, -0.2) is 30.7 Å². The molecule has 1 aliphatic heterocycles. The van der Waals surface area contributed by atoms with Gasteiger partial charge in [0, 0.05) is 29.9 Å². The number of hydrogen-bond donors (Lipinski definition) is 1. The third kappa shape index (κ3) is 3.82. The summed E-state index contributed by atoms with van der Waals surface area (Å²) in [5.41, 5.74) is 3.42. The van der Waals surface area contributed by atoms with Crippen LogP contribution in [0.25, 0.3) is 0 Å². The minimum Gasteiger partial charge on any atom is -0.493 e. The number of aromatic nitrogens is 2. The second kappa shape index (κ2) is 7.94. The Balaban J connectivity index is 1.55. The van der Waals surface area contributed by atoms with Gasteiger partial charge in [-0.3, -0.25) is 0 Å². The zero-order valence-corrected chi connectivity index (χ0v) is 16.5. The van der Waals surface area contributed by atoms with Crippen molar-refractivity contribution >= 4 is 28.9 Å². The lowest BCUT2D eigenvalue weighted by atomic mass is 9.99. The first-order chi connectivity index (χ1) is 13.7. The average Bonchev–Trinajstić information content (AvgIpc) is 2.74. The summed E-state index contributed by atoms with van der Waals surface area (Å²) in [6.07, 6.45) is 2.50. The van der Waals surface area contributed by atoms with Crippen molar-refractivity contribution in [2.75, 3.05) is 31.0 Å². The molecule has 0 radical (unpaired) electrons. The molecule has 0 amide bonds. The third-order valence-electron chi connectivity index (χ3n) is 4.81. The fraction of sp³-hybridized carbons (Fsp3) is 0.238. The molecule has 2 aromatic carbocycles. The molecule has 4 rings (SSSR count). The number of nitrogens with one attached hydrogen (secondary N) is 1. The summed E-state index contributed by atoms with van der Waals surface area (Å²) in [5, 5.41) is 3.99. The second-order valence-electron chi connectivity index (χ2n) is 6.54. The third-order valence-corrected chi connectivity index (χ3v) is 5.06. The molecule has 0 aliphatic carbocycles. The Kier molecular flexibility index (Phi) is 5.21. The van der Waals surface area contributed by atoms with Crippen LogP contribution in [0.4, 0.5) is 17.3 Å². The zero-order chi connectivity index (χ0) is 19.5. The minimum absolute atomic E-state index is 0.702. The molecule has 6 nitrogen and oxygen atoms in total. The summed E-state index contributed by atoms with van der Waals surface area (Å²) in [4.78, 5) is 11.0. The first-order valence-electron chi connectivity index (χ1n) is 8.99. The topological polar surface area (TPSA) is 59.5 Å². The maximum Gasteiger partial charge on any atom is 0.161 e. The van der Waals surface area contributed by atoms with Crippen molar-refractivity contribution < 1.29 is 9.47 Å². The average molecular weight is 397 g/mol. The minimum atomic E-state index is 0.702. The highest BCUT2D eigenvalue weighted by molar-refractivity contribution is 6.30. The lowest BCUT2D eigenvalue weighted by Gasteiger charge is -2.30. The monoisotopic (exact) mass is 396 g/mol. The van der Waals surface area contributed by atoms with E-state index in [0.29, 0.717) is 5.02 Å². The Morgan fingerprint density at radius 3 is 2.39 bits per heavy atom. The van der Waals surface area contributed by atoms with Crippen LogP contribution in [0.3, 0.4) is 0 Å². The van der Waals surface area contributed by atoms with Gasteiger partial charge in [0.25, 0.3) is 0 Å². The number of fused-ring (bicyclic) bond motifs is 1. The molecule has 2 heterocycles. The van der Waals surface area contributed by atoms with Crippen LogP contribution in [0.2, 0.25) is 5.02 Å². The summed E-state index contributed by atoms with van der Waals surface area (Å²) in [6, 6.07) is 13.6. The van der Waals surface area contributed by atoms with Gasteiger partial charge in [-0.2, -0.15) is 0 Å². The highest BCUT2D eigenvalue weighted by Gasteiger charge is 2.20. The normalized spacial score (nSPS) is 13.0. The molecule has 7 heteroatoms. The van der Waals surface area contributed by atoms with Crippen LogP contribution in [0.1, 0.15) is 11.1 Å². The highest BCUT2D eigenvalue weighted by atomic mass is 35.5. The zero-order valence-electron chi connectivity index (χ0n) is 15.8. The van der Waals surface area contributed by atoms with Crippen molar-refractivity contribution in [2.24, 2.45) is 0 Å². The van der Waals surface area contributed by atoms with E-state index in [9.17, 15) is 0 Å². The first-order valence-corrected chi connectivity index (χ1v) is 9.37. The van der Waals surface area contributed by atoms with Gasteiger partial charge in [-0.15, -0.1) is 0 Å². The van der Waals surface area contributed by atoms with Gasteiger partial charge in [0.1, 0.15) is 18.0 Å². The highest BCUT2D eigenvalue weighted by Crippen LogP contribution is 2.34. The summed E-state index contributed by atoms with van der Waals surface area (Å²) in [5.74, 6) is 3.14. The fourth-order valence-corrected chi connectivity index (χ4v) is 3.47. The molecule has 1 N–H and O–H groups in total. The van der Waals surface area contributed by atoms with Crippen LogP contribution < -0.4 is 19.7 Å². The predicted octanol–water partition coefficient (Wildman–Crippen LogP) is 4.45. The van der Waals surface area contributed by atoms with E-state index in [1.54, 1.807) is 20.5 Å². The number of anilines is 3. The SMILES string of the molecule is COc1cc2c(cc1OC)CN(c1cc(Nc3ccc(Cl)cc3)ncn1)CC2. The van der Waals surface area contributed by atoms with E-state index in [4.69, 9.17) is 21.1 Å². The molecule has 1 aromatic heterocycles. The fourth-order valence-electron chi connectivity index (χ4n) is 3.35. The van der Waals surface area contributed by atoms with Crippen LogP contribution in [0, 0.1) is 0 Å². The van der Waals surface area contributed by atoms with Crippen molar-refractivity contribution in [2.45, 2.75) is 13.0 Å². The van der Waals surface area contributed by atoms with E-state index in [1.807, 2.05) is 36.4 Å². The molecular formula is C21H21ClN4O2. The van der Waals surface area contributed by atoms with Crippen LogP contribution in [0.15, 0.2) is 48.8 Å². The van der Waals surface area contributed by atoms with Gasteiger partial charge in [0.2, 0.25) is 0 Å². The largest absolute Gasteiger partial charge is 0.493 e. The number of hydrogen-bond acceptors (Lipinski definition) is 6. The van der Waals surface area contributed by atoms with Crippen LogP contribution in [-0.2, 0) is 13.0 Å². The molecule has 0 saturated heterocycles. The quantitative estimate of drug-likeness (QED) is 0.687. The number of methoxy groups -OCH3 is 2. The number of nitrogens with zero attached hydrogens (tertiary/aromatic N) is 3. The molecule has 1 aliphatic rings. The summed E-state index contributed by atoms with van der Waals surface area (Å²) in [6.45, 7) is 1.63. The van der Waals surface area contributed by atoms with Crippen molar-refractivity contribution in [3.63, 3.8) is 0 Å². The molecule has 0 saturated carbocycles. The molecule has 144 valence electrons. The molecule has 3 aromatic rings. The van der Waals surface area contributed by atoms with E-state index >= 15 is 0 Å². The smallest absolute Gasteiger partial charge is 0.161 e. The van der Waals surface area contributed by atoms with Crippen molar-refractivity contribution in [3.8, 4) is 11.5 Å². The molecule has 0 bridgehead atoms.